The van der Waals surface area contributed by atoms with E-state index in [2.05, 4.69) is 32.3 Å². The first-order valence-corrected chi connectivity index (χ1v) is 8.33. The van der Waals surface area contributed by atoms with E-state index < -0.39 is 0 Å². The molecule has 0 amide bonds. The molecule has 0 aliphatic rings. The van der Waals surface area contributed by atoms with E-state index in [1.165, 1.54) is 0 Å². The van der Waals surface area contributed by atoms with Crippen LogP contribution in [-0.4, -0.2) is 28.3 Å². The van der Waals surface area contributed by atoms with Gasteiger partial charge in [0, 0.05) is 12.2 Å². The lowest BCUT2D eigenvalue weighted by Gasteiger charge is -2.21. The summed E-state index contributed by atoms with van der Waals surface area (Å²) < 4.78 is 5.63. The fourth-order valence-electron chi connectivity index (χ4n) is 2.53. The summed E-state index contributed by atoms with van der Waals surface area (Å²) in [5.41, 5.74) is 1.87. The number of hydrogen-bond donors (Lipinski definition) is 1. The van der Waals surface area contributed by atoms with Crippen molar-refractivity contribution >= 4 is 23.1 Å². The van der Waals surface area contributed by atoms with Gasteiger partial charge in [-0.05, 0) is 38.1 Å². The number of anilines is 4. The Morgan fingerprint density at radius 3 is 2.52 bits per heavy atom. The molecular weight excluding hydrogens is 314 g/mol. The van der Waals surface area contributed by atoms with E-state index in [-0.39, 0.29) is 0 Å². The largest absolute Gasteiger partial charge is 0.492 e. The van der Waals surface area contributed by atoms with Crippen molar-refractivity contribution in [2.75, 3.05) is 23.4 Å². The lowest BCUT2D eigenvalue weighted by atomic mass is 10.3. The van der Waals surface area contributed by atoms with Gasteiger partial charge in [-0.15, -0.1) is 5.10 Å². The SMILES string of the molecule is CCOc1ccccc1Nc1nncc(N(CC)c2ccccc2)n1. The van der Waals surface area contributed by atoms with E-state index in [1.807, 2.05) is 61.5 Å². The molecule has 0 aliphatic carbocycles. The molecule has 6 nitrogen and oxygen atoms in total. The monoisotopic (exact) mass is 335 g/mol. The summed E-state index contributed by atoms with van der Waals surface area (Å²) in [5, 5.41) is 11.4. The first kappa shape index (κ1) is 16.7. The Balaban J connectivity index is 1.87. The highest BCUT2D eigenvalue weighted by atomic mass is 16.5. The third-order valence-corrected chi connectivity index (χ3v) is 3.64. The van der Waals surface area contributed by atoms with E-state index in [0.29, 0.717) is 12.6 Å². The molecular formula is C19H21N5O. The number of aromatic nitrogens is 3. The number of para-hydroxylation sites is 3. The zero-order chi connectivity index (χ0) is 17.5. The van der Waals surface area contributed by atoms with Crippen LogP contribution in [0.1, 0.15) is 13.8 Å². The molecule has 0 bridgehead atoms. The van der Waals surface area contributed by atoms with E-state index in [4.69, 9.17) is 4.74 Å². The summed E-state index contributed by atoms with van der Waals surface area (Å²) >= 11 is 0. The highest BCUT2D eigenvalue weighted by molar-refractivity contribution is 5.64. The van der Waals surface area contributed by atoms with Crippen LogP contribution in [0.3, 0.4) is 0 Å². The molecule has 0 spiro atoms. The molecule has 0 atom stereocenters. The van der Waals surface area contributed by atoms with Crippen LogP contribution in [0.4, 0.5) is 23.1 Å². The van der Waals surface area contributed by atoms with Crippen molar-refractivity contribution in [1.29, 1.82) is 0 Å². The maximum absolute atomic E-state index is 5.63. The van der Waals surface area contributed by atoms with Crippen LogP contribution in [0.2, 0.25) is 0 Å². The fourth-order valence-corrected chi connectivity index (χ4v) is 2.53. The van der Waals surface area contributed by atoms with Gasteiger partial charge < -0.3 is 15.0 Å². The van der Waals surface area contributed by atoms with Crippen LogP contribution in [-0.2, 0) is 0 Å². The van der Waals surface area contributed by atoms with Gasteiger partial charge in [0.25, 0.3) is 0 Å². The third-order valence-electron chi connectivity index (χ3n) is 3.64. The molecule has 3 rings (SSSR count). The highest BCUT2D eigenvalue weighted by Crippen LogP contribution is 2.27. The average Bonchev–Trinajstić information content (AvgIpc) is 2.65. The Hall–Kier alpha value is -3.15. The minimum Gasteiger partial charge on any atom is -0.492 e. The summed E-state index contributed by atoms with van der Waals surface area (Å²) in [5.74, 6) is 1.92. The number of ether oxygens (including phenoxy) is 1. The lowest BCUT2D eigenvalue weighted by molar-refractivity contribution is 0.342. The predicted octanol–water partition coefficient (Wildman–Crippen LogP) is 4.17. The number of benzene rings is 2. The van der Waals surface area contributed by atoms with Gasteiger partial charge in [-0.1, -0.05) is 30.3 Å². The van der Waals surface area contributed by atoms with Crippen LogP contribution in [0.5, 0.6) is 5.75 Å². The van der Waals surface area contributed by atoms with Crippen molar-refractivity contribution in [2.24, 2.45) is 0 Å². The Morgan fingerprint density at radius 2 is 1.76 bits per heavy atom. The molecule has 0 unspecified atom stereocenters. The van der Waals surface area contributed by atoms with E-state index in [1.54, 1.807) is 6.20 Å². The van der Waals surface area contributed by atoms with Gasteiger partial charge in [0.2, 0.25) is 5.95 Å². The summed E-state index contributed by atoms with van der Waals surface area (Å²) in [6, 6.07) is 17.8. The predicted molar refractivity (Wildman–Crippen MR) is 99.8 cm³/mol. The van der Waals surface area contributed by atoms with Crippen LogP contribution in [0, 0.1) is 0 Å². The molecule has 0 fully saturated rings. The number of rotatable bonds is 7. The molecule has 6 heteroatoms. The van der Waals surface area contributed by atoms with Crippen LogP contribution in [0.15, 0.2) is 60.8 Å². The van der Waals surface area contributed by atoms with Gasteiger partial charge >= 0.3 is 0 Å². The molecule has 0 saturated heterocycles. The van der Waals surface area contributed by atoms with E-state index in [9.17, 15) is 0 Å². The van der Waals surface area contributed by atoms with Gasteiger partial charge in [0.1, 0.15) is 5.75 Å². The van der Waals surface area contributed by atoms with Gasteiger partial charge in [0.05, 0.1) is 18.5 Å². The molecule has 3 aromatic rings. The minimum absolute atomic E-state index is 0.430. The van der Waals surface area contributed by atoms with Crippen molar-refractivity contribution in [3.05, 3.63) is 60.8 Å². The number of nitrogens with one attached hydrogen (secondary N) is 1. The summed E-state index contributed by atoms with van der Waals surface area (Å²) in [7, 11) is 0. The van der Waals surface area contributed by atoms with Crippen molar-refractivity contribution in [3.63, 3.8) is 0 Å². The molecule has 0 saturated carbocycles. The Labute approximate surface area is 147 Å². The van der Waals surface area contributed by atoms with Crippen molar-refractivity contribution in [1.82, 2.24) is 15.2 Å². The average molecular weight is 335 g/mol. The number of nitrogens with zero attached hydrogens (tertiary/aromatic N) is 4. The highest BCUT2D eigenvalue weighted by Gasteiger charge is 2.11. The van der Waals surface area contributed by atoms with Crippen LogP contribution < -0.4 is 15.0 Å². The van der Waals surface area contributed by atoms with Gasteiger partial charge in [0.15, 0.2) is 5.82 Å². The molecule has 1 aromatic heterocycles. The second-order valence-electron chi connectivity index (χ2n) is 5.27. The smallest absolute Gasteiger partial charge is 0.249 e. The van der Waals surface area contributed by atoms with Crippen LogP contribution >= 0.6 is 0 Å². The summed E-state index contributed by atoms with van der Waals surface area (Å²) in [6.07, 6.45) is 1.66. The molecule has 2 aromatic carbocycles. The summed E-state index contributed by atoms with van der Waals surface area (Å²) in [6.45, 7) is 5.40. The molecule has 0 aliphatic heterocycles. The van der Waals surface area contributed by atoms with Crippen LogP contribution in [0.25, 0.3) is 0 Å². The van der Waals surface area contributed by atoms with E-state index in [0.717, 1.165) is 29.5 Å². The standard InChI is InChI=1S/C19H21N5O/c1-3-24(15-10-6-5-7-11-15)18-14-20-23-19(22-18)21-16-12-8-9-13-17(16)25-4-2/h5-14H,3-4H2,1-2H3,(H,21,22,23). The maximum atomic E-state index is 5.63. The van der Waals surface area contributed by atoms with Crippen molar-refractivity contribution in [2.45, 2.75) is 13.8 Å². The normalized spacial score (nSPS) is 10.3. The van der Waals surface area contributed by atoms with E-state index >= 15 is 0 Å². The third kappa shape index (κ3) is 4.03. The first-order chi connectivity index (χ1) is 12.3. The molecule has 0 radical (unpaired) electrons. The Morgan fingerprint density at radius 1 is 1.00 bits per heavy atom. The van der Waals surface area contributed by atoms with Crippen molar-refractivity contribution < 1.29 is 4.74 Å². The zero-order valence-electron chi connectivity index (χ0n) is 14.4. The first-order valence-electron chi connectivity index (χ1n) is 8.33. The topological polar surface area (TPSA) is 63.2 Å². The Kier molecular flexibility index (Phi) is 5.41. The second-order valence-corrected chi connectivity index (χ2v) is 5.27. The minimum atomic E-state index is 0.430. The molecule has 128 valence electrons. The second kappa shape index (κ2) is 8.10. The van der Waals surface area contributed by atoms with Gasteiger partial charge in [-0.2, -0.15) is 10.1 Å². The quantitative estimate of drug-likeness (QED) is 0.699. The Bertz CT molecular complexity index is 810. The maximum Gasteiger partial charge on any atom is 0.249 e. The summed E-state index contributed by atoms with van der Waals surface area (Å²) in [4.78, 5) is 6.68. The zero-order valence-corrected chi connectivity index (χ0v) is 14.4. The molecule has 1 heterocycles. The van der Waals surface area contributed by atoms with Gasteiger partial charge in [-0.3, -0.25) is 0 Å². The molecule has 1 N–H and O–H groups in total. The fraction of sp³-hybridized carbons (Fsp3) is 0.211. The molecule has 25 heavy (non-hydrogen) atoms. The number of hydrogen-bond acceptors (Lipinski definition) is 6. The van der Waals surface area contributed by atoms with Crippen molar-refractivity contribution in [3.8, 4) is 5.75 Å². The van der Waals surface area contributed by atoms with Gasteiger partial charge in [-0.25, -0.2) is 0 Å². The lowest BCUT2D eigenvalue weighted by Crippen LogP contribution is -2.18.